The SMILES string of the molecule is C=CN=C(C(=C)C)C1CCCC(c2cn3c(N4CCNC5(CC5)C4)cccc3n2)N1. The maximum Gasteiger partial charge on any atom is 0.138 e. The number of rotatable bonds is 5. The van der Waals surface area contributed by atoms with Crippen LogP contribution >= 0.6 is 0 Å². The summed E-state index contributed by atoms with van der Waals surface area (Å²) < 4.78 is 2.28. The highest BCUT2D eigenvalue weighted by molar-refractivity contribution is 6.03. The van der Waals surface area contributed by atoms with Crippen molar-refractivity contribution in [2.75, 3.05) is 24.5 Å². The third-order valence-electron chi connectivity index (χ3n) is 6.78. The van der Waals surface area contributed by atoms with Crippen LogP contribution in [0.4, 0.5) is 5.82 Å². The summed E-state index contributed by atoms with van der Waals surface area (Å²) in [6.07, 6.45) is 9.73. The molecular formula is C24H32N6. The first-order valence-corrected chi connectivity index (χ1v) is 11.2. The molecule has 0 bridgehead atoms. The molecule has 1 aliphatic carbocycles. The maximum atomic E-state index is 5.00. The van der Waals surface area contributed by atoms with Crippen LogP contribution < -0.4 is 15.5 Å². The lowest BCUT2D eigenvalue weighted by molar-refractivity contribution is 0.371. The van der Waals surface area contributed by atoms with Crippen LogP contribution in [-0.4, -0.2) is 46.3 Å². The van der Waals surface area contributed by atoms with E-state index in [4.69, 9.17) is 4.98 Å². The molecule has 3 aliphatic rings. The molecule has 6 heteroatoms. The van der Waals surface area contributed by atoms with Gasteiger partial charge < -0.3 is 15.5 Å². The van der Waals surface area contributed by atoms with Crippen molar-refractivity contribution in [3.63, 3.8) is 0 Å². The van der Waals surface area contributed by atoms with Crippen molar-refractivity contribution in [3.8, 4) is 0 Å². The number of imidazole rings is 1. The standard InChI is InChI=1S/C24H32N6/c1-4-25-23(17(2)3)19-8-5-7-18(27-19)20-15-30-21(28-20)9-6-10-22(30)29-14-13-26-24(16-29)11-12-24/h4,6,9-10,15,18-19,26-27H,1-2,5,7-8,11-14,16H2,3H3. The Morgan fingerprint density at radius 3 is 2.97 bits per heavy atom. The molecule has 3 fully saturated rings. The molecule has 30 heavy (non-hydrogen) atoms. The van der Waals surface area contributed by atoms with Gasteiger partial charge in [-0.05, 0) is 56.7 Å². The Bertz CT molecular complexity index is 998. The van der Waals surface area contributed by atoms with Gasteiger partial charge in [0.15, 0.2) is 0 Å². The van der Waals surface area contributed by atoms with Gasteiger partial charge in [-0.15, -0.1) is 0 Å². The zero-order valence-corrected chi connectivity index (χ0v) is 17.9. The molecule has 0 amide bonds. The molecule has 2 aliphatic heterocycles. The molecule has 2 atom stereocenters. The fraction of sp³-hybridized carbons (Fsp3) is 0.500. The molecule has 0 radical (unpaired) electrons. The van der Waals surface area contributed by atoms with Crippen LogP contribution in [0.1, 0.15) is 50.8 Å². The summed E-state index contributed by atoms with van der Waals surface area (Å²) in [6, 6.07) is 6.90. The van der Waals surface area contributed by atoms with E-state index in [2.05, 4.69) is 62.5 Å². The first-order chi connectivity index (χ1) is 14.6. The van der Waals surface area contributed by atoms with Crippen molar-refractivity contribution in [1.82, 2.24) is 20.0 Å². The number of fused-ring (bicyclic) bond motifs is 1. The van der Waals surface area contributed by atoms with Gasteiger partial charge in [0.25, 0.3) is 0 Å². The summed E-state index contributed by atoms with van der Waals surface area (Å²) in [4.78, 5) is 12.0. The summed E-state index contributed by atoms with van der Waals surface area (Å²) in [6.45, 7) is 13.1. The van der Waals surface area contributed by atoms with Crippen molar-refractivity contribution < 1.29 is 0 Å². The minimum Gasteiger partial charge on any atom is -0.355 e. The normalized spacial score (nSPS) is 26.2. The third-order valence-corrected chi connectivity index (χ3v) is 6.78. The van der Waals surface area contributed by atoms with E-state index in [0.29, 0.717) is 5.54 Å². The Morgan fingerprint density at radius 1 is 1.33 bits per heavy atom. The van der Waals surface area contributed by atoms with Gasteiger partial charge in [0.05, 0.1) is 23.5 Å². The van der Waals surface area contributed by atoms with Crippen LogP contribution in [0.25, 0.3) is 5.65 Å². The molecule has 5 rings (SSSR count). The van der Waals surface area contributed by atoms with Crippen LogP contribution in [0.3, 0.4) is 0 Å². The molecular weight excluding hydrogens is 372 g/mol. The van der Waals surface area contributed by atoms with E-state index >= 15 is 0 Å². The van der Waals surface area contributed by atoms with Gasteiger partial charge in [-0.2, -0.15) is 0 Å². The maximum absolute atomic E-state index is 5.00. The Hall–Kier alpha value is -2.44. The lowest BCUT2D eigenvalue weighted by Crippen LogP contribution is -2.53. The quantitative estimate of drug-likeness (QED) is 0.748. The average molecular weight is 405 g/mol. The van der Waals surface area contributed by atoms with Gasteiger partial charge in [0.2, 0.25) is 0 Å². The molecule has 158 valence electrons. The Morgan fingerprint density at radius 2 is 2.20 bits per heavy atom. The van der Waals surface area contributed by atoms with Crippen molar-refractivity contribution in [2.45, 2.75) is 56.7 Å². The summed E-state index contributed by atoms with van der Waals surface area (Å²) in [5, 5.41) is 7.49. The van der Waals surface area contributed by atoms with Crippen LogP contribution in [0.2, 0.25) is 0 Å². The number of pyridine rings is 1. The minimum atomic E-state index is 0.200. The van der Waals surface area contributed by atoms with Crippen LogP contribution in [0.15, 0.2) is 54.3 Å². The highest BCUT2D eigenvalue weighted by Crippen LogP contribution is 2.39. The third kappa shape index (κ3) is 3.59. The molecule has 2 saturated heterocycles. The summed E-state index contributed by atoms with van der Waals surface area (Å²) >= 11 is 0. The lowest BCUT2D eigenvalue weighted by Gasteiger charge is -2.35. The molecule has 2 unspecified atom stereocenters. The van der Waals surface area contributed by atoms with Crippen LogP contribution in [-0.2, 0) is 0 Å². The number of piperidine rings is 1. The molecule has 1 saturated carbocycles. The van der Waals surface area contributed by atoms with Gasteiger partial charge in [0.1, 0.15) is 11.5 Å². The number of aromatic nitrogens is 2. The second-order valence-corrected chi connectivity index (χ2v) is 9.09. The molecule has 2 aromatic heterocycles. The molecule has 2 N–H and O–H groups in total. The predicted molar refractivity (Wildman–Crippen MR) is 123 cm³/mol. The van der Waals surface area contributed by atoms with E-state index in [9.17, 15) is 0 Å². The van der Waals surface area contributed by atoms with Gasteiger partial charge in [0, 0.05) is 37.6 Å². The summed E-state index contributed by atoms with van der Waals surface area (Å²) in [5.41, 5.74) is 4.50. The topological polar surface area (TPSA) is 57.0 Å². The molecule has 0 aromatic carbocycles. The van der Waals surface area contributed by atoms with Crippen molar-refractivity contribution in [3.05, 3.63) is 55.0 Å². The second-order valence-electron chi connectivity index (χ2n) is 9.09. The Labute approximate surface area is 178 Å². The number of anilines is 1. The van der Waals surface area contributed by atoms with Gasteiger partial charge in [-0.25, -0.2) is 4.98 Å². The van der Waals surface area contributed by atoms with E-state index in [1.54, 1.807) is 6.20 Å². The largest absolute Gasteiger partial charge is 0.355 e. The highest BCUT2D eigenvalue weighted by atomic mass is 15.3. The first kappa shape index (κ1) is 19.5. The zero-order valence-electron chi connectivity index (χ0n) is 17.9. The first-order valence-electron chi connectivity index (χ1n) is 11.2. The van der Waals surface area contributed by atoms with Crippen LogP contribution in [0, 0.1) is 0 Å². The van der Waals surface area contributed by atoms with Crippen LogP contribution in [0.5, 0.6) is 0 Å². The number of hydrogen-bond donors (Lipinski definition) is 2. The number of nitrogens with zero attached hydrogens (tertiary/aromatic N) is 4. The van der Waals surface area contributed by atoms with E-state index in [1.807, 2.05) is 6.92 Å². The van der Waals surface area contributed by atoms with E-state index < -0.39 is 0 Å². The van der Waals surface area contributed by atoms with Gasteiger partial charge >= 0.3 is 0 Å². The van der Waals surface area contributed by atoms with Gasteiger partial charge in [-0.3, -0.25) is 9.39 Å². The number of piperazine rings is 1. The van der Waals surface area contributed by atoms with E-state index in [-0.39, 0.29) is 12.1 Å². The second kappa shape index (κ2) is 7.67. The van der Waals surface area contributed by atoms with E-state index in [0.717, 1.165) is 61.5 Å². The van der Waals surface area contributed by atoms with E-state index in [1.165, 1.54) is 18.7 Å². The Balaban J connectivity index is 1.42. The van der Waals surface area contributed by atoms with Crippen molar-refractivity contribution >= 4 is 17.2 Å². The molecule has 6 nitrogen and oxygen atoms in total. The number of hydrogen-bond acceptors (Lipinski definition) is 5. The Kier molecular flexibility index (Phi) is 4.99. The minimum absolute atomic E-state index is 0.200. The monoisotopic (exact) mass is 404 g/mol. The fourth-order valence-electron chi connectivity index (χ4n) is 5.06. The highest BCUT2D eigenvalue weighted by Gasteiger charge is 2.45. The summed E-state index contributed by atoms with van der Waals surface area (Å²) in [5.74, 6) is 1.25. The number of aliphatic imine (C=N–C) groups is 1. The lowest BCUT2D eigenvalue weighted by atomic mass is 9.92. The molecule has 4 heterocycles. The molecule has 1 spiro atoms. The fourth-order valence-corrected chi connectivity index (χ4v) is 5.06. The zero-order chi connectivity index (χ0) is 20.7. The van der Waals surface area contributed by atoms with Gasteiger partial charge in [-0.1, -0.05) is 19.2 Å². The number of nitrogens with one attached hydrogen (secondary N) is 2. The van der Waals surface area contributed by atoms with Crippen molar-refractivity contribution in [2.24, 2.45) is 4.99 Å². The average Bonchev–Trinajstić information content (AvgIpc) is 3.34. The predicted octanol–water partition coefficient (Wildman–Crippen LogP) is 3.62. The summed E-state index contributed by atoms with van der Waals surface area (Å²) in [7, 11) is 0. The smallest absolute Gasteiger partial charge is 0.138 e. The van der Waals surface area contributed by atoms with Crippen molar-refractivity contribution in [1.29, 1.82) is 0 Å². The molecule has 2 aromatic rings.